The van der Waals surface area contributed by atoms with Crippen molar-refractivity contribution in [2.45, 2.75) is 38.5 Å². The number of nitrogens with zero attached hydrogens (tertiary/aromatic N) is 2. The summed E-state index contributed by atoms with van der Waals surface area (Å²) in [6.07, 6.45) is 3.89. The normalized spacial score (nSPS) is 26.4. The second kappa shape index (κ2) is 8.37. The summed E-state index contributed by atoms with van der Waals surface area (Å²) in [5, 5.41) is 3.42. The van der Waals surface area contributed by atoms with Gasteiger partial charge in [0.1, 0.15) is 0 Å². The minimum Gasteiger partial charge on any atom is -0.370 e. The molecule has 1 aromatic carbocycles. The summed E-state index contributed by atoms with van der Waals surface area (Å²) >= 11 is 0. The molecule has 3 unspecified atom stereocenters. The molecule has 3 rings (SSSR count). The van der Waals surface area contributed by atoms with Gasteiger partial charge >= 0.3 is 0 Å². The number of benzene rings is 1. The number of hydrogen-bond acceptors (Lipinski definition) is 2. The molecule has 1 saturated heterocycles. The van der Waals surface area contributed by atoms with Crippen LogP contribution in [0.3, 0.4) is 0 Å². The molecule has 0 bridgehead atoms. The van der Waals surface area contributed by atoms with Gasteiger partial charge < -0.3 is 16.0 Å². The van der Waals surface area contributed by atoms with E-state index >= 15 is 0 Å². The number of carbonyl (C=O) groups is 1. The first-order valence-corrected chi connectivity index (χ1v) is 9.54. The van der Waals surface area contributed by atoms with Crippen LogP contribution in [0, 0.1) is 11.8 Å². The molecule has 136 valence electrons. The fourth-order valence-corrected chi connectivity index (χ4v) is 3.90. The quantitative estimate of drug-likeness (QED) is 0.616. The van der Waals surface area contributed by atoms with Crippen molar-refractivity contribution >= 4 is 11.9 Å². The topological polar surface area (TPSA) is 70.7 Å². The third-order valence-corrected chi connectivity index (χ3v) is 5.27. The highest BCUT2D eigenvalue weighted by Gasteiger charge is 2.38. The van der Waals surface area contributed by atoms with Crippen LogP contribution in [0.2, 0.25) is 0 Å². The van der Waals surface area contributed by atoms with Crippen molar-refractivity contribution in [2.75, 3.05) is 26.2 Å². The van der Waals surface area contributed by atoms with E-state index in [1.54, 1.807) is 0 Å². The number of rotatable bonds is 6. The summed E-state index contributed by atoms with van der Waals surface area (Å²) in [7, 11) is 0. The average Bonchev–Trinajstić information content (AvgIpc) is 3.39. The van der Waals surface area contributed by atoms with E-state index in [9.17, 15) is 4.79 Å². The second-order valence-electron chi connectivity index (χ2n) is 7.33. The number of hydrogen-bond donors (Lipinski definition) is 2. The van der Waals surface area contributed by atoms with Crippen LogP contribution in [0.25, 0.3) is 0 Å². The third-order valence-electron chi connectivity index (χ3n) is 5.27. The predicted molar refractivity (Wildman–Crippen MR) is 101 cm³/mol. The molecule has 2 fully saturated rings. The minimum atomic E-state index is -0.197. The molecule has 0 radical (unpaired) electrons. The molecule has 1 aliphatic carbocycles. The van der Waals surface area contributed by atoms with Gasteiger partial charge in [0.05, 0.1) is 0 Å². The smallest absolute Gasteiger partial charge is 0.217 e. The van der Waals surface area contributed by atoms with Crippen molar-refractivity contribution in [2.24, 2.45) is 22.6 Å². The standard InChI is InChI=1S/C20H30N4O/c1-2-22-20(24-10-6-7-15(14-24)11-19(21)25)23-13-17-12-18(17)16-8-4-3-5-9-16/h3-5,8-9,15,17-18H,2,6-7,10-14H2,1H3,(H2,21,25)(H,22,23). The van der Waals surface area contributed by atoms with Gasteiger partial charge in [0.25, 0.3) is 0 Å². The first-order chi connectivity index (χ1) is 12.2. The summed E-state index contributed by atoms with van der Waals surface area (Å²) in [6.45, 7) is 5.72. The summed E-state index contributed by atoms with van der Waals surface area (Å²) in [5.41, 5.74) is 6.81. The average molecular weight is 342 g/mol. The van der Waals surface area contributed by atoms with Crippen LogP contribution < -0.4 is 11.1 Å². The van der Waals surface area contributed by atoms with E-state index in [1.165, 1.54) is 12.0 Å². The molecule has 0 aromatic heterocycles. The first-order valence-electron chi connectivity index (χ1n) is 9.54. The molecule has 5 heteroatoms. The largest absolute Gasteiger partial charge is 0.370 e. The van der Waals surface area contributed by atoms with Crippen LogP contribution in [0.1, 0.15) is 44.1 Å². The Hall–Kier alpha value is -2.04. The highest BCUT2D eigenvalue weighted by atomic mass is 16.1. The molecule has 3 atom stereocenters. The fourth-order valence-electron chi connectivity index (χ4n) is 3.90. The summed E-state index contributed by atoms with van der Waals surface area (Å²) in [5.74, 6) is 2.47. The van der Waals surface area contributed by atoms with Gasteiger partial charge in [-0.1, -0.05) is 30.3 Å². The van der Waals surface area contributed by atoms with Crippen LogP contribution >= 0.6 is 0 Å². The molecule has 25 heavy (non-hydrogen) atoms. The third kappa shape index (κ3) is 4.97. The number of carbonyl (C=O) groups excluding carboxylic acids is 1. The Labute approximate surface area is 150 Å². The van der Waals surface area contributed by atoms with Gasteiger partial charge in [-0.05, 0) is 49.5 Å². The van der Waals surface area contributed by atoms with Gasteiger partial charge in [-0.25, -0.2) is 0 Å². The lowest BCUT2D eigenvalue weighted by Crippen LogP contribution is -2.47. The molecular weight excluding hydrogens is 312 g/mol. The lowest BCUT2D eigenvalue weighted by molar-refractivity contribution is -0.119. The number of primary amides is 1. The van der Waals surface area contributed by atoms with E-state index in [1.807, 2.05) is 0 Å². The Morgan fingerprint density at radius 2 is 2.16 bits per heavy atom. The summed E-state index contributed by atoms with van der Waals surface area (Å²) < 4.78 is 0. The zero-order chi connectivity index (χ0) is 17.6. The highest BCUT2D eigenvalue weighted by molar-refractivity contribution is 5.80. The number of aliphatic imine (C=N–C) groups is 1. The Kier molecular flexibility index (Phi) is 5.95. The zero-order valence-electron chi connectivity index (χ0n) is 15.2. The fraction of sp³-hybridized carbons (Fsp3) is 0.600. The summed E-state index contributed by atoms with van der Waals surface area (Å²) in [4.78, 5) is 18.4. The molecular formula is C20H30N4O. The second-order valence-corrected chi connectivity index (χ2v) is 7.33. The van der Waals surface area contributed by atoms with Gasteiger partial charge in [0.2, 0.25) is 5.91 Å². The maximum absolute atomic E-state index is 11.2. The van der Waals surface area contributed by atoms with E-state index in [2.05, 4.69) is 47.5 Å². The molecule has 5 nitrogen and oxygen atoms in total. The molecule has 1 heterocycles. The lowest BCUT2D eigenvalue weighted by atomic mass is 9.95. The predicted octanol–water partition coefficient (Wildman–Crippen LogP) is 2.34. The minimum absolute atomic E-state index is 0.197. The molecule has 3 N–H and O–H groups in total. The van der Waals surface area contributed by atoms with E-state index in [0.717, 1.165) is 45.0 Å². The highest BCUT2D eigenvalue weighted by Crippen LogP contribution is 2.47. The van der Waals surface area contributed by atoms with Crippen molar-refractivity contribution in [3.63, 3.8) is 0 Å². The number of guanidine groups is 1. The van der Waals surface area contributed by atoms with Crippen LogP contribution in [-0.4, -0.2) is 42.9 Å². The van der Waals surface area contributed by atoms with Crippen LogP contribution in [-0.2, 0) is 4.79 Å². The zero-order valence-corrected chi connectivity index (χ0v) is 15.2. The van der Waals surface area contributed by atoms with Crippen LogP contribution in [0.15, 0.2) is 35.3 Å². The van der Waals surface area contributed by atoms with Crippen molar-refractivity contribution in [3.05, 3.63) is 35.9 Å². The van der Waals surface area contributed by atoms with E-state index in [-0.39, 0.29) is 5.91 Å². The maximum Gasteiger partial charge on any atom is 0.217 e. The maximum atomic E-state index is 11.2. The lowest BCUT2D eigenvalue weighted by Gasteiger charge is -2.34. The molecule has 1 saturated carbocycles. The first kappa shape index (κ1) is 17.8. The van der Waals surface area contributed by atoms with Gasteiger partial charge in [-0.15, -0.1) is 0 Å². The van der Waals surface area contributed by atoms with Crippen molar-refractivity contribution in [1.29, 1.82) is 0 Å². The molecule has 0 spiro atoms. The number of piperidine rings is 1. The number of nitrogens with two attached hydrogens (primary N) is 1. The molecule has 1 aromatic rings. The monoisotopic (exact) mass is 342 g/mol. The Bertz CT molecular complexity index is 601. The SMILES string of the molecule is CCNC(=NCC1CC1c1ccccc1)N1CCCC(CC(N)=O)C1. The molecule has 2 aliphatic rings. The van der Waals surface area contributed by atoms with Crippen LogP contribution in [0.4, 0.5) is 0 Å². The van der Waals surface area contributed by atoms with E-state index < -0.39 is 0 Å². The summed E-state index contributed by atoms with van der Waals surface area (Å²) in [6, 6.07) is 10.7. The van der Waals surface area contributed by atoms with Crippen LogP contribution in [0.5, 0.6) is 0 Å². The Morgan fingerprint density at radius 3 is 2.88 bits per heavy atom. The van der Waals surface area contributed by atoms with Gasteiger partial charge in [-0.2, -0.15) is 0 Å². The Morgan fingerprint density at radius 1 is 1.36 bits per heavy atom. The van der Waals surface area contributed by atoms with Gasteiger partial charge in [0.15, 0.2) is 5.96 Å². The van der Waals surface area contributed by atoms with Crippen molar-refractivity contribution in [1.82, 2.24) is 10.2 Å². The number of amides is 1. The van der Waals surface area contributed by atoms with Gasteiger partial charge in [0, 0.05) is 32.6 Å². The van der Waals surface area contributed by atoms with Crippen molar-refractivity contribution < 1.29 is 4.79 Å². The molecule has 1 amide bonds. The Balaban J connectivity index is 1.57. The van der Waals surface area contributed by atoms with Crippen molar-refractivity contribution in [3.8, 4) is 0 Å². The van der Waals surface area contributed by atoms with E-state index in [0.29, 0.717) is 24.2 Å². The number of likely N-dealkylation sites (tertiary alicyclic amines) is 1. The molecule has 1 aliphatic heterocycles. The number of nitrogens with one attached hydrogen (secondary N) is 1. The van der Waals surface area contributed by atoms with E-state index in [4.69, 9.17) is 10.7 Å². The van der Waals surface area contributed by atoms with Gasteiger partial charge in [-0.3, -0.25) is 9.79 Å².